The summed E-state index contributed by atoms with van der Waals surface area (Å²) in [6, 6.07) is 5.71. The van der Waals surface area contributed by atoms with Crippen molar-refractivity contribution in [2.45, 2.75) is 26.7 Å². The first-order valence-corrected chi connectivity index (χ1v) is 6.76. The van der Waals surface area contributed by atoms with Crippen molar-refractivity contribution < 1.29 is 4.79 Å². The summed E-state index contributed by atoms with van der Waals surface area (Å²) in [4.78, 5) is 16.2. The fraction of sp³-hybridized carbons (Fsp3) is 0.308. The van der Waals surface area contributed by atoms with Crippen molar-refractivity contribution in [3.63, 3.8) is 0 Å². The summed E-state index contributed by atoms with van der Waals surface area (Å²) in [5, 5.41) is 9.45. The van der Waals surface area contributed by atoms with Gasteiger partial charge in [0, 0.05) is 10.4 Å². The van der Waals surface area contributed by atoms with Crippen LogP contribution in [0.5, 0.6) is 0 Å². The van der Waals surface area contributed by atoms with Gasteiger partial charge in [-0.2, -0.15) is 0 Å². The molecule has 0 atom stereocenters. The molecule has 1 aromatic heterocycles. The van der Waals surface area contributed by atoms with Crippen LogP contribution < -0.4 is 5.32 Å². The first-order chi connectivity index (χ1) is 8.97. The van der Waals surface area contributed by atoms with Gasteiger partial charge in [0.25, 0.3) is 5.91 Å². The lowest BCUT2D eigenvalue weighted by Crippen LogP contribution is -2.14. The number of H-pyrrole nitrogens is 1. The molecule has 0 saturated carbocycles. The average Bonchev–Trinajstić information content (AvgIpc) is 2.82. The SMILES string of the molecule is Cc1ccc(NC(=O)c2n[nH]c(C(C)C)n2)c(Br)c1. The van der Waals surface area contributed by atoms with Crippen molar-refractivity contribution in [3.05, 3.63) is 39.9 Å². The third-order valence-electron chi connectivity index (χ3n) is 2.63. The second-order valence-corrected chi connectivity index (χ2v) is 5.49. The number of hydrogen-bond donors (Lipinski definition) is 2. The van der Waals surface area contributed by atoms with E-state index >= 15 is 0 Å². The molecule has 0 fully saturated rings. The van der Waals surface area contributed by atoms with E-state index in [1.165, 1.54) is 0 Å². The molecular weight excluding hydrogens is 308 g/mol. The zero-order valence-corrected chi connectivity index (χ0v) is 12.6. The first-order valence-electron chi connectivity index (χ1n) is 5.97. The molecule has 0 aliphatic heterocycles. The van der Waals surface area contributed by atoms with E-state index in [4.69, 9.17) is 0 Å². The maximum absolute atomic E-state index is 12.0. The molecular formula is C13H15BrN4O. The second kappa shape index (κ2) is 5.52. The molecule has 100 valence electrons. The molecule has 1 aromatic carbocycles. The summed E-state index contributed by atoms with van der Waals surface area (Å²) >= 11 is 3.41. The normalized spacial score (nSPS) is 10.8. The van der Waals surface area contributed by atoms with E-state index in [1.54, 1.807) is 0 Å². The lowest BCUT2D eigenvalue weighted by molar-refractivity contribution is 0.101. The van der Waals surface area contributed by atoms with Crippen molar-refractivity contribution >= 4 is 27.5 Å². The number of carbonyl (C=O) groups excluding carboxylic acids is 1. The fourth-order valence-corrected chi connectivity index (χ4v) is 2.13. The number of halogens is 1. The summed E-state index contributed by atoms with van der Waals surface area (Å²) in [6.45, 7) is 5.96. The molecule has 0 spiro atoms. The minimum Gasteiger partial charge on any atom is -0.318 e. The number of amides is 1. The Balaban J connectivity index is 2.16. The number of anilines is 1. The zero-order chi connectivity index (χ0) is 14.0. The topological polar surface area (TPSA) is 70.7 Å². The van der Waals surface area contributed by atoms with Crippen LogP contribution in [0.25, 0.3) is 0 Å². The van der Waals surface area contributed by atoms with Gasteiger partial charge >= 0.3 is 0 Å². The Bertz CT molecular complexity index is 606. The predicted molar refractivity (Wildman–Crippen MR) is 77.3 cm³/mol. The van der Waals surface area contributed by atoms with Gasteiger partial charge in [-0.05, 0) is 40.5 Å². The highest BCUT2D eigenvalue weighted by Crippen LogP contribution is 2.23. The van der Waals surface area contributed by atoms with Crippen LogP contribution in [0.4, 0.5) is 5.69 Å². The van der Waals surface area contributed by atoms with E-state index in [0.29, 0.717) is 11.5 Å². The maximum atomic E-state index is 12.0. The molecule has 0 unspecified atom stereocenters. The van der Waals surface area contributed by atoms with E-state index in [9.17, 15) is 4.79 Å². The molecule has 0 aliphatic carbocycles. The van der Waals surface area contributed by atoms with Gasteiger partial charge in [-0.25, -0.2) is 4.98 Å². The quantitative estimate of drug-likeness (QED) is 0.911. The van der Waals surface area contributed by atoms with Crippen molar-refractivity contribution in [2.75, 3.05) is 5.32 Å². The highest BCUT2D eigenvalue weighted by Gasteiger charge is 2.15. The van der Waals surface area contributed by atoms with Crippen LogP contribution in [0.2, 0.25) is 0 Å². The van der Waals surface area contributed by atoms with Gasteiger partial charge in [-0.3, -0.25) is 9.89 Å². The van der Waals surface area contributed by atoms with E-state index in [1.807, 2.05) is 39.0 Å². The number of rotatable bonds is 3. The molecule has 2 aromatic rings. The van der Waals surface area contributed by atoms with Gasteiger partial charge in [0.05, 0.1) is 5.69 Å². The van der Waals surface area contributed by atoms with Gasteiger partial charge in [0.15, 0.2) is 0 Å². The van der Waals surface area contributed by atoms with Gasteiger partial charge in [-0.1, -0.05) is 19.9 Å². The van der Waals surface area contributed by atoms with Gasteiger partial charge in [0.1, 0.15) is 5.82 Å². The monoisotopic (exact) mass is 322 g/mol. The molecule has 0 radical (unpaired) electrons. The van der Waals surface area contributed by atoms with Crippen LogP contribution >= 0.6 is 15.9 Å². The molecule has 0 saturated heterocycles. The Hall–Kier alpha value is -1.69. The Morgan fingerprint density at radius 3 is 2.74 bits per heavy atom. The van der Waals surface area contributed by atoms with Crippen LogP contribution in [0.15, 0.2) is 22.7 Å². The lowest BCUT2D eigenvalue weighted by Gasteiger charge is -2.06. The average molecular weight is 323 g/mol. The summed E-state index contributed by atoms with van der Waals surface area (Å²) in [6.07, 6.45) is 0. The molecule has 19 heavy (non-hydrogen) atoms. The van der Waals surface area contributed by atoms with E-state index in [0.717, 1.165) is 10.0 Å². The Morgan fingerprint density at radius 1 is 1.42 bits per heavy atom. The minimum atomic E-state index is -0.326. The fourth-order valence-electron chi connectivity index (χ4n) is 1.53. The summed E-state index contributed by atoms with van der Waals surface area (Å²) in [7, 11) is 0. The number of benzene rings is 1. The minimum absolute atomic E-state index is 0.149. The summed E-state index contributed by atoms with van der Waals surface area (Å²) in [5.41, 5.74) is 1.82. The van der Waals surface area contributed by atoms with E-state index in [-0.39, 0.29) is 17.6 Å². The molecule has 0 aliphatic rings. The number of carbonyl (C=O) groups is 1. The predicted octanol–water partition coefficient (Wildman–Crippen LogP) is 3.25. The third kappa shape index (κ3) is 3.20. The number of nitrogens with zero attached hydrogens (tertiary/aromatic N) is 2. The largest absolute Gasteiger partial charge is 0.318 e. The highest BCUT2D eigenvalue weighted by atomic mass is 79.9. The number of hydrogen-bond acceptors (Lipinski definition) is 3. The van der Waals surface area contributed by atoms with Gasteiger partial charge < -0.3 is 5.32 Å². The number of aryl methyl sites for hydroxylation is 1. The maximum Gasteiger partial charge on any atom is 0.295 e. The second-order valence-electron chi connectivity index (χ2n) is 4.64. The lowest BCUT2D eigenvalue weighted by atomic mass is 10.2. The number of aromatic amines is 1. The van der Waals surface area contributed by atoms with Crippen LogP contribution in [0.1, 0.15) is 41.8 Å². The number of nitrogens with one attached hydrogen (secondary N) is 2. The zero-order valence-electron chi connectivity index (χ0n) is 11.0. The first kappa shape index (κ1) is 13.7. The van der Waals surface area contributed by atoms with Crippen LogP contribution in [0, 0.1) is 6.92 Å². The summed E-state index contributed by atoms with van der Waals surface area (Å²) in [5.74, 6) is 0.733. The van der Waals surface area contributed by atoms with E-state index in [2.05, 4.69) is 36.4 Å². The van der Waals surface area contributed by atoms with E-state index < -0.39 is 0 Å². The standard InChI is InChI=1S/C13H15BrN4O/c1-7(2)11-16-12(18-17-11)13(19)15-10-5-4-8(3)6-9(10)14/h4-7H,1-3H3,(H,15,19)(H,16,17,18). The Labute approximate surface area is 120 Å². The van der Waals surface area contributed by atoms with Gasteiger partial charge in [-0.15, -0.1) is 5.10 Å². The van der Waals surface area contributed by atoms with Crippen molar-refractivity contribution in [1.29, 1.82) is 0 Å². The Morgan fingerprint density at radius 2 is 2.16 bits per heavy atom. The molecule has 5 nitrogen and oxygen atoms in total. The van der Waals surface area contributed by atoms with Gasteiger partial charge in [0.2, 0.25) is 5.82 Å². The molecule has 0 bridgehead atoms. The van der Waals surface area contributed by atoms with Crippen molar-refractivity contribution in [3.8, 4) is 0 Å². The third-order valence-corrected chi connectivity index (χ3v) is 3.28. The summed E-state index contributed by atoms with van der Waals surface area (Å²) < 4.78 is 0.834. The smallest absolute Gasteiger partial charge is 0.295 e. The van der Waals surface area contributed by atoms with Crippen molar-refractivity contribution in [2.24, 2.45) is 0 Å². The molecule has 6 heteroatoms. The number of aromatic nitrogens is 3. The van der Waals surface area contributed by atoms with Crippen molar-refractivity contribution in [1.82, 2.24) is 15.2 Å². The highest BCUT2D eigenvalue weighted by molar-refractivity contribution is 9.10. The molecule has 2 N–H and O–H groups in total. The Kier molecular flexibility index (Phi) is 3.99. The van der Waals surface area contributed by atoms with Crippen LogP contribution in [-0.4, -0.2) is 21.1 Å². The molecule has 2 rings (SSSR count). The van der Waals surface area contributed by atoms with Crippen LogP contribution in [-0.2, 0) is 0 Å². The molecule has 1 amide bonds. The molecule has 1 heterocycles. The van der Waals surface area contributed by atoms with Crippen LogP contribution in [0.3, 0.4) is 0 Å².